The summed E-state index contributed by atoms with van der Waals surface area (Å²) in [6.07, 6.45) is 4.12. The van der Waals surface area contributed by atoms with E-state index in [2.05, 4.69) is 13.2 Å². The maximum atomic E-state index is 14.7. The number of aliphatic hydroxyl groups is 1. The largest absolute Gasteiger partial charge is 0.455 e. The van der Waals surface area contributed by atoms with Crippen molar-refractivity contribution in [3.05, 3.63) is 61.2 Å². The topological polar surface area (TPSA) is 117 Å². The fourth-order valence-electron chi connectivity index (χ4n) is 7.95. The van der Waals surface area contributed by atoms with Crippen LogP contribution in [0.25, 0.3) is 0 Å². The molecule has 10 nitrogen and oxygen atoms in total. The molecule has 1 N–H and O–H groups in total. The van der Waals surface area contributed by atoms with Crippen LogP contribution in [0.3, 0.4) is 0 Å². The predicted molar refractivity (Wildman–Crippen MR) is 183 cm³/mol. The number of rotatable bonds is 15. The number of hydrogen-bond donors (Lipinski definition) is 1. The normalized spacial score (nSPS) is 26.5. The molecule has 3 aliphatic heterocycles. The molecule has 3 fully saturated rings. The Hall–Kier alpha value is -3.50. The summed E-state index contributed by atoms with van der Waals surface area (Å²) in [6.45, 7) is 19.1. The van der Waals surface area contributed by atoms with Crippen molar-refractivity contribution in [3.8, 4) is 0 Å². The highest BCUT2D eigenvalue weighted by atomic mass is 16.6. The van der Waals surface area contributed by atoms with Gasteiger partial charge in [0.1, 0.15) is 17.7 Å². The van der Waals surface area contributed by atoms with E-state index in [1.807, 2.05) is 71.9 Å². The smallest absolute Gasteiger partial charge is 0.313 e. The summed E-state index contributed by atoms with van der Waals surface area (Å²) in [5.74, 6) is -3.13. The molecule has 0 saturated carbocycles. The maximum absolute atomic E-state index is 14.7. The first-order valence-corrected chi connectivity index (χ1v) is 17.3. The van der Waals surface area contributed by atoms with E-state index in [4.69, 9.17) is 9.47 Å². The first-order chi connectivity index (χ1) is 22.6. The Morgan fingerprint density at radius 3 is 2.38 bits per heavy atom. The highest BCUT2D eigenvalue weighted by Gasteiger charge is 2.76. The number of ether oxygens (including phenoxy) is 2. The number of likely N-dealkylation sites (N-methyl/N-ethyl adjacent to an activating group) is 1. The molecule has 264 valence electrons. The van der Waals surface area contributed by atoms with Gasteiger partial charge in [0.25, 0.3) is 0 Å². The van der Waals surface area contributed by atoms with Crippen LogP contribution in [0.2, 0.25) is 0 Å². The van der Waals surface area contributed by atoms with E-state index >= 15 is 0 Å². The van der Waals surface area contributed by atoms with E-state index in [0.717, 1.165) is 5.56 Å². The summed E-state index contributed by atoms with van der Waals surface area (Å²) in [7, 11) is 1.69. The molecule has 0 unspecified atom stereocenters. The van der Waals surface area contributed by atoms with Gasteiger partial charge < -0.3 is 29.3 Å². The van der Waals surface area contributed by atoms with Crippen molar-refractivity contribution in [1.29, 1.82) is 0 Å². The van der Waals surface area contributed by atoms with E-state index in [1.165, 1.54) is 4.90 Å². The van der Waals surface area contributed by atoms with Gasteiger partial charge in [-0.15, -0.1) is 13.2 Å². The van der Waals surface area contributed by atoms with Gasteiger partial charge in [0.05, 0.1) is 36.6 Å². The third-order valence-electron chi connectivity index (χ3n) is 10.4. The van der Waals surface area contributed by atoms with Crippen LogP contribution in [0.15, 0.2) is 55.6 Å². The molecule has 4 rings (SSSR count). The fraction of sp³-hybridized carbons (Fsp3) is 0.632. The lowest BCUT2D eigenvalue weighted by molar-refractivity contribution is -0.165. The van der Waals surface area contributed by atoms with Gasteiger partial charge in [0.15, 0.2) is 0 Å². The third-order valence-corrected chi connectivity index (χ3v) is 10.4. The summed E-state index contributed by atoms with van der Waals surface area (Å²) in [6, 6.07) is 7.09. The van der Waals surface area contributed by atoms with Gasteiger partial charge in [-0.25, -0.2) is 0 Å². The average Bonchev–Trinajstić information content (AvgIpc) is 3.69. The number of allylic oxidation sites excluding steroid dienone is 1. The van der Waals surface area contributed by atoms with Crippen LogP contribution in [0, 0.1) is 17.8 Å². The van der Waals surface area contributed by atoms with Crippen molar-refractivity contribution in [3.63, 3.8) is 0 Å². The number of carbonyl (C=O) groups is 4. The number of amides is 3. The van der Waals surface area contributed by atoms with E-state index in [1.54, 1.807) is 29.0 Å². The lowest BCUT2D eigenvalue weighted by Gasteiger charge is -2.43. The molecule has 2 bridgehead atoms. The lowest BCUT2D eigenvalue weighted by Crippen LogP contribution is -2.61. The molecule has 0 radical (unpaired) electrons. The van der Waals surface area contributed by atoms with Crippen LogP contribution in [0.1, 0.15) is 85.3 Å². The van der Waals surface area contributed by atoms with Crippen molar-refractivity contribution in [2.75, 3.05) is 20.2 Å². The molecule has 48 heavy (non-hydrogen) atoms. The van der Waals surface area contributed by atoms with Crippen LogP contribution in [-0.2, 0) is 28.7 Å². The second-order valence-electron chi connectivity index (χ2n) is 15.0. The van der Waals surface area contributed by atoms with Gasteiger partial charge in [-0.3, -0.25) is 19.2 Å². The van der Waals surface area contributed by atoms with Gasteiger partial charge in [-0.2, -0.15) is 0 Å². The summed E-state index contributed by atoms with van der Waals surface area (Å²) in [5, 5.41) is 10.6. The number of fused-ring (bicyclic) bond motifs is 1. The molecular weight excluding hydrogens is 610 g/mol. The molecule has 3 saturated heterocycles. The number of hydrogen-bond acceptors (Lipinski definition) is 7. The van der Waals surface area contributed by atoms with Gasteiger partial charge in [0.2, 0.25) is 17.7 Å². The Morgan fingerprint density at radius 2 is 1.81 bits per heavy atom. The molecule has 3 amide bonds. The van der Waals surface area contributed by atoms with Crippen molar-refractivity contribution in [2.45, 2.75) is 115 Å². The van der Waals surface area contributed by atoms with E-state index in [-0.39, 0.29) is 43.2 Å². The quantitative estimate of drug-likeness (QED) is 0.214. The molecule has 3 aliphatic rings. The number of likely N-dealkylation sites (tertiary alicyclic amines) is 1. The summed E-state index contributed by atoms with van der Waals surface area (Å²) < 4.78 is 13.0. The molecule has 8 atom stereocenters. The van der Waals surface area contributed by atoms with Crippen molar-refractivity contribution < 1.29 is 33.8 Å². The zero-order chi connectivity index (χ0) is 35.6. The highest BCUT2D eigenvalue weighted by molar-refractivity contribution is 5.98. The molecule has 3 heterocycles. The number of esters is 1. The minimum absolute atomic E-state index is 0.104. The standard InChI is InChI=1S/C38H55N3O7/c1-10-12-18-29(43)39(9)25(5)32(26-16-14-13-15-17-26)47-36(46)30-28-19-20-38(48-28)31(30)34(44)41(27(23-42)22-24(3)4)33(38)35(45)40(21-11-2)37(6,7)8/h10-11,13-17,24-25,27-28,30-33,42H,1-2,12,18-23H2,3-9H3/t25-,27-,28-,30+,31+,32+,33-,38+/m1/s1. The fourth-order valence-corrected chi connectivity index (χ4v) is 7.95. The Labute approximate surface area is 286 Å². The molecule has 1 aromatic rings. The van der Waals surface area contributed by atoms with E-state index in [9.17, 15) is 24.3 Å². The first kappa shape index (κ1) is 37.3. The van der Waals surface area contributed by atoms with E-state index < -0.39 is 59.3 Å². The summed E-state index contributed by atoms with van der Waals surface area (Å²) >= 11 is 0. The highest BCUT2D eigenvalue weighted by Crippen LogP contribution is 2.59. The Morgan fingerprint density at radius 1 is 1.15 bits per heavy atom. The molecular formula is C38H55N3O7. The molecule has 10 heteroatoms. The molecule has 1 aromatic carbocycles. The Kier molecular flexibility index (Phi) is 11.6. The van der Waals surface area contributed by atoms with Crippen LogP contribution in [0.5, 0.6) is 0 Å². The SMILES string of the molecule is C=CCCC(=O)N(C)[C@H](C)[C@H](OC(=O)[C@@H]1[C@H]2C(=O)N([C@@H](CO)CC(C)C)[C@H](C(=O)N(CC=C)C(C)(C)C)[C@]23CC[C@H]1O3)c1ccccc1. The third kappa shape index (κ3) is 6.97. The number of nitrogens with zero attached hydrogens (tertiary/aromatic N) is 3. The van der Waals surface area contributed by atoms with Crippen molar-refractivity contribution >= 4 is 23.7 Å². The number of benzene rings is 1. The Balaban J connectivity index is 1.74. The maximum Gasteiger partial charge on any atom is 0.313 e. The lowest BCUT2D eigenvalue weighted by atomic mass is 9.70. The predicted octanol–water partition coefficient (Wildman–Crippen LogP) is 4.68. The summed E-state index contributed by atoms with van der Waals surface area (Å²) in [4.78, 5) is 61.6. The second kappa shape index (κ2) is 14.9. The van der Waals surface area contributed by atoms with Gasteiger partial charge in [-0.05, 0) is 64.9 Å². The molecule has 0 aromatic heterocycles. The number of carbonyl (C=O) groups excluding carboxylic acids is 4. The van der Waals surface area contributed by atoms with Crippen molar-refractivity contribution in [1.82, 2.24) is 14.7 Å². The number of aliphatic hydroxyl groups excluding tert-OH is 1. The second-order valence-corrected chi connectivity index (χ2v) is 15.0. The summed E-state index contributed by atoms with van der Waals surface area (Å²) in [5.41, 5.74) is -1.12. The zero-order valence-corrected chi connectivity index (χ0v) is 29.8. The molecule has 1 spiro atoms. The first-order valence-electron chi connectivity index (χ1n) is 17.3. The minimum atomic E-state index is -1.25. The average molecular weight is 666 g/mol. The van der Waals surface area contributed by atoms with E-state index in [0.29, 0.717) is 25.7 Å². The molecule has 0 aliphatic carbocycles. The van der Waals surface area contributed by atoms with Crippen LogP contribution in [0.4, 0.5) is 0 Å². The Bertz CT molecular complexity index is 1360. The van der Waals surface area contributed by atoms with Gasteiger partial charge in [0, 0.05) is 25.6 Å². The van der Waals surface area contributed by atoms with Gasteiger partial charge >= 0.3 is 5.97 Å². The zero-order valence-electron chi connectivity index (χ0n) is 29.8. The van der Waals surface area contributed by atoms with Crippen molar-refractivity contribution in [2.24, 2.45) is 17.8 Å². The van der Waals surface area contributed by atoms with Crippen LogP contribution >= 0.6 is 0 Å². The monoisotopic (exact) mass is 665 g/mol. The van der Waals surface area contributed by atoms with Crippen LogP contribution < -0.4 is 0 Å². The van der Waals surface area contributed by atoms with Gasteiger partial charge in [-0.1, -0.05) is 56.3 Å². The van der Waals surface area contributed by atoms with Crippen LogP contribution in [-0.4, -0.2) is 99.1 Å². The minimum Gasteiger partial charge on any atom is -0.455 e.